The van der Waals surface area contributed by atoms with Crippen molar-refractivity contribution in [1.29, 1.82) is 0 Å². The third kappa shape index (κ3) is 9.79. The Morgan fingerprint density at radius 1 is 1.32 bits per heavy atom. The third-order valence-corrected chi connectivity index (χ3v) is 4.24. The first-order chi connectivity index (χ1) is 13.2. The van der Waals surface area contributed by atoms with Gasteiger partial charge in [0.2, 0.25) is 0 Å². The molecule has 1 aromatic carbocycles. The monoisotopic (exact) mass is 507 g/mol. The highest BCUT2D eigenvalue weighted by atomic mass is 127. The van der Waals surface area contributed by atoms with Gasteiger partial charge in [0.25, 0.3) is 0 Å². The van der Waals surface area contributed by atoms with E-state index in [0.29, 0.717) is 19.3 Å². The maximum Gasteiger partial charge on any atom is 0.191 e. The maximum atomic E-state index is 5.90. The number of aliphatic imine (C=N–C) groups is 1. The molecular formula is C20H34IN3O4. The number of guanidine groups is 1. The lowest BCUT2D eigenvalue weighted by Gasteiger charge is -2.18. The summed E-state index contributed by atoms with van der Waals surface area (Å²) in [6.45, 7) is 5.75. The predicted octanol–water partition coefficient (Wildman–Crippen LogP) is 2.83. The number of methoxy groups -OCH3 is 1. The van der Waals surface area contributed by atoms with E-state index in [0.717, 1.165) is 56.5 Å². The molecule has 0 spiro atoms. The average molecular weight is 507 g/mol. The second-order valence-electron chi connectivity index (χ2n) is 6.55. The van der Waals surface area contributed by atoms with Crippen molar-refractivity contribution in [3.05, 3.63) is 24.3 Å². The van der Waals surface area contributed by atoms with Crippen molar-refractivity contribution in [2.75, 3.05) is 47.1 Å². The van der Waals surface area contributed by atoms with Gasteiger partial charge in [-0.1, -0.05) is 6.07 Å². The molecule has 160 valence electrons. The molecule has 1 aliphatic heterocycles. The van der Waals surface area contributed by atoms with Crippen LogP contribution in [0.3, 0.4) is 0 Å². The van der Waals surface area contributed by atoms with Gasteiger partial charge in [-0.05, 0) is 38.3 Å². The standard InChI is InChI=1S/C20H33N3O4.HI/c1-16(27-18-8-4-7-17(13-18)24-3)14-23-20(21-2)22-10-6-11-25-15-19-9-5-12-26-19;/h4,7-8,13,16,19H,5-6,9-12,14-15H2,1-3H3,(H2,21,22,23);1H. The van der Waals surface area contributed by atoms with Gasteiger partial charge in [-0.25, -0.2) is 0 Å². The van der Waals surface area contributed by atoms with E-state index in [1.54, 1.807) is 14.2 Å². The summed E-state index contributed by atoms with van der Waals surface area (Å²) in [6, 6.07) is 7.60. The Bertz CT molecular complexity index is 568. The Morgan fingerprint density at radius 2 is 2.14 bits per heavy atom. The SMILES string of the molecule is CN=C(NCCCOCC1CCCO1)NCC(C)Oc1cccc(OC)c1.I. The van der Waals surface area contributed by atoms with E-state index in [1.165, 1.54) is 0 Å². The number of nitrogens with zero attached hydrogens (tertiary/aromatic N) is 1. The number of benzene rings is 1. The van der Waals surface area contributed by atoms with Crippen molar-refractivity contribution in [1.82, 2.24) is 10.6 Å². The average Bonchev–Trinajstić information content (AvgIpc) is 3.20. The van der Waals surface area contributed by atoms with E-state index in [9.17, 15) is 0 Å². The third-order valence-electron chi connectivity index (χ3n) is 4.24. The summed E-state index contributed by atoms with van der Waals surface area (Å²) < 4.78 is 22.3. The molecule has 2 unspecified atom stereocenters. The number of halogens is 1. The van der Waals surface area contributed by atoms with E-state index in [-0.39, 0.29) is 30.1 Å². The Labute approximate surface area is 185 Å². The molecule has 1 saturated heterocycles. The van der Waals surface area contributed by atoms with Gasteiger partial charge < -0.3 is 29.6 Å². The van der Waals surface area contributed by atoms with Crippen LogP contribution < -0.4 is 20.1 Å². The van der Waals surface area contributed by atoms with Gasteiger partial charge in [-0.3, -0.25) is 4.99 Å². The van der Waals surface area contributed by atoms with Crippen LogP contribution in [-0.2, 0) is 9.47 Å². The molecule has 2 atom stereocenters. The van der Waals surface area contributed by atoms with Crippen LogP contribution in [-0.4, -0.2) is 65.2 Å². The van der Waals surface area contributed by atoms with Gasteiger partial charge in [0.15, 0.2) is 5.96 Å². The van der Waals surface area contributed by atoms with Crippen molar-refractivity contribution < 1.29 is 18.9 Å². The number of hydrogen-bond donors (Lipinski definition) is 2. The van der Waals surface area contributed by atoms with Crippen LogP contribution in [0.5, 0.6) is 11.5 Å². The summed E-state index contributed by atoms with van der Waals surface area (Å²) in [6.07, 6.45) is 3.47. The fraction of sp³-hybridized carbons (Fsp3) is 0.650. The number of rotatable bonds is 11. The lowest BCUT2D eigenvalue weighted by molar-refractivity contribution is 0.0168. The molecule has 1 fully saturated rings. The van der Waals surface area contributed by atoms with E-state index in [1.807, 2.05) is 31.2 Å². The van der Waals surface area contributed by atoms with Crippen molar-refractivity contribution in [2.24, 2.45) is 4.99 Å². The van der Waals surface area contributed by atoms with Crippen LogP contribution in [0.1, 0.15) is 26.2 Å². The van der Waals surface area contributed by atoms with Crippen molar-refractivity contribution in [3.8, 4) is 11.5 Å². The number of nitrogens with one attached hydrogen (secondary N) is 2. The highest BCUT2D eigenvalue weighted by Gasteiger charge is 2.14. The zero-order valence-corrected chi connectivity index (χ0v) is 19.4. The number of hydrogen-bond acceptors (Lipinski definition) is 5. The molecule has 0 bridgehead atoms. The van der Waals surface area contributed by atoms with Crippen LogP contribution in [0, 0.1) is 0 Å². The van der Waals surface area contributed by atoms with Gasteiger partial charge >= 0.3 is 0 Å². The molecule has 1 aliphatic rings. The molecule has 7 nitrogen and oxygen atoms in total. The summed E-state index contributed by atoms with van der Waals surface area (Å²) in [5, 5.41) is 6.56. The van der Waals surface area contributed by atoms with Gasteiger partial charge in [0, 0.05) is 32.9 Å². The van der Waals surface area contributed by atoms with E-state index in [2.05, 4.69) is 15.6 Å². The summed E-state index contributed by atoms with van der Waals surface area (Å²) in [4.78, 5) is 4.23. The molecule has 0 saturated carbocycles. The molecule has 28 heavy (non-hydrogen) atoms. The zero-order chi connectivity index (χ0) is 19.3. The molecular weight excluding hydrogens is 473 g/mol. The molecule has 1 heterocycles. The Morgan fingerprint density at radius 3 is 2.86 bits per heavy atom. The Hall–Kier alpha value is -1.26. The molecule has 0 aromatic heterocycles. The fourth-order valence-corrected chi connectivity index (χ4v) is 2.78. The van der Waals surface area contributed by atoms with Gasteiger partial charge in [0.05, 0.1) is 26.4 Å². The quantitative estimate of drug-likeness (QED) is 0.208. The first-order valence-corrected chi connectivity index (χ1v) is 9.66. The summed E-state index contributed by atoms with van der Waals surface area (Å²) in [5.74, 6) is 2.33. The van der Waals surface area contributed by atoms with Crippen molar-refractivity contribution in [3.63, 3.8) is 0 Å². The molecule has 1 aromatic rings. The second-order valence-corrected chi connectivity index (χ2v) is 6.55. The minimum absolute atomic E-state index is 0. The summed E-state index contributed by atoms with van der Waals surface area (Å²) in [5.41, 5.74) is 0. The van der Waals surface area contributed by atoms with E-state index >= 15 is 0 Å². The van der Waals surface area contributed by atoms with Crippen LogP contribution >= 0.6 is 24.0 Å². The van der Waals surface area contributed by atoms with Gasteiger partial charge in [0.1, 0.15) is 17.6 Å². The van der Waals surface area contributed by atoms with Crippen molar-refractivity contribution in [2.45, 2.75) is 38.4 Å². The molecule has 0 aliphatic carbocycles. The predicted molar refractivity (Wildman–Crippen MR) is 122 cm³/mol. The van der Waals surface area contributed by atoms with Crippen LogP contribution in [0.15, 0.2) is 29.3 Å². The zero-order valence-electron chi connectivity index (χ0n) is 17.1. The van der Waals surface area contributed by atoms with Crippen LogP contribution in [0.25, 0.3) is 0 Å². The topological polar surface area (TPSA) is 73.3 Å². The normalized spacial score (nSPS) is 17.5. The van der Waals surface area contributed by atoms with Gasteiger partial charge in [-0.2, -0.15) is 0 Å². The first kappa shape index (κ1) is 24.8. The van der Waals surface area contributed by atoms with E-state index in [4.69, 9.17) is 18.9 Å². The minimum atomic E-state index is -0.00889. The molecule has 8 heteroatoms. The van der Waals surface area contributed by atoms with E-state index < -0.39 is 0 Å². The summed E-state index contributed by atoms with van der Waals surface area (Å²) in [7, 11) is 3.41. The van der Waals surface area contributed by atoms with Crippen LogP contribution in [0.2, 0.25) is 0 Å². The smallest absolute Gasteiger partial charge is 0.191 e. The lowest BCUT2D eigenvalue weighted by atomic mass is 10.2. The highest BCUT2D eigenvalue weighted by Crippen LogP contribution is 2.19. The highest BCUT2D eigenvalue weighted by molar-refractivity contribution is 14.0. The largest absolute Gasteiger partial charge is 0.497 e. The summed E-state index contributed by atoms with van der Waals surface area (Å²) >= 11 is 0. The molecule has 2 N–H and O–H groups in total. The molecule has 0 amide bonds. The maximum absolute atomic E-state index is 5.90. The van der Waals surface area contributed by atoms with Crippen molar-refractivity contribution >= 4 is 29.9 Å². The van der Waals surface area contributed by atoms with Gasteiger partial charge in [-0.15, -0.1) is 24.0 Å². The Kier molecular flexibility index (Phi) is 13.0. The Balaban J connectivity index is 0.00000392. The lowest BCUT2D eigenvalue weighted by Crippen LogP contribution is -2.42. The number of ether oxygens (including phenoxy) is 4. The fourth-order valence-electron chi connectivity index (χ4n) is 2.78. The first-order valence-electron chi connectivity index (χ1n) is 9.66. The molecule has 0 radical (unpaired) electrons. The second kappa shape index (κ2) is 14.7. The minimum Gasteiger partial charge on any atom is -0.497 e. The van der Waals surface area contributed by atoms with Crippen LogP contribution in [0.4, 0.5) is 0 Å². The molecule has 2 rings (SSSR count).